The van der Waals surface area contributed by atoms with Crippen LogP contribution in [0.15, 0.2) is 132 Å². The first-order chi connectivity index (χ1) is 18.8. The minimum atomic E-state index is 0. The van der Waals surface area contributed by atoms with Gasteiger partial charge in [-0.15, -0.1) is 53.1 Å². The molecule has 0 N–H and O–H groups in total. The van der Waals surface area contributed by atoms with E-state index in [0.29, 0.717) is 0 Å². The summed E-state index contributed by atoms with van der Waals surface area (Å²) in [5, 5.41) is 2.26. The topological polar surface area (TPSA) is 38.9 Å². The van der Waals surface area contributed by atoms with Gasteiger partial charge in [0.25, 0.3) is 0 Å². The van der Waals surface area contributed by atoms with Crippen molar-refractivity contribution in [2.75, 3.05) is 0 Å². The smallest absolute Gasteiger partial charge is 0.120 e. The Bertz CT molecular complexity index is 1760. The summed E-state index contributed by atoms with van der Waals surface area (Å²) in [7, 11) is 0. The number of aryl methyl sites for hydroxylation is 1. The van der Waals surface area contributed by atoms with Crippen molar-refractivity contribution in [3.05, 3.63) is 145 Å². The van der Waals surface area contributed by atoms with Gasteiger partial charge in [-0.25, -0.2) is 0 Å². The number of pyridine rings is 2. The number of rotatable bonds is 3. The van der Waals surface area contributed by atoms with Crippen LogP contribution in [0.1, 0.15) is 5.56 Å². The first kappa shape index (κ1) is 26.2. The quantitative estimate of drug-likeness (QED) is 0.175. The average Bonchev–Trinajstić information content (AvgIpc) is 3.37. The summed E-state index contributed by atoms with van der Waals surface area (Å²) in [6.45, 7) is 2.05. The summed E-state index contributed by atoms with van der Waals surface area (Å²) in [6.07, 6.45) is 3.60. The van der Waals surface area contributed by atoms with Gasteiger partial charge in [-0.1, -0.05) is 90.7 Å². The molecule has 1 radical (unpaired) electrons. The SMILES string of the molecule is Cc1[c-]c(-c2ccccn2)c2oc3ccccc3c2c1.[Ir].[c-]1ccc(-c2ccccc2)cc1-c1ccccn1. The molecule has 3 aromatic heterocycles. The van der Waals surface area contributed by atoms with Crippen LogP contribution >= 0.6 is 0 Å². The van der Waals surface area contributed by atoms with Gasteiger partial charge in [0.2, 0.25) is 0 Å². The average molecular weight is 681 g/mol. The molecule has 0 aliphatic rings. The molecule has 0 fully saturated rings. The number of para-hydroxylation sites is 1. The molecule has 39 heavy (non-hydrogen) atoms. The van der Waals surface area contributed by atoms with E-state index in [1.165, 1.54) is 11.1 Å². The molecular formula is C35H24IrN2O-2. The van der Waals surface area contributed by atoms with Gasteiger partial charge in [0.05, 0.1) is 5.58 Å². The zero-order valence-corrected chi connectivity index (χ0v) is 23.7. The van der Waals surface area contributed by atoms with E-state index in [1.54, 1.807) is 12.4 Å². The van der Waals surface area contributed by atoms with Crippen molar-refractivity contribution >= 4 is 21.9 Å². The molecule has 0 unspecified atom stereocenters. The molecule has 0 aliphatic carbocycles. The molecule has 7 aromatic rings. The van der Waals surface area contributed by atoms with E-state index in [-0.39, 0.29) is 20.1 Å². The number of hydrogen-bond acceptors (Lipinski definition) is 3. The van der Waals surface area contributed by atoms with Crippen molar-refractivity contribution in [2.45, 2.75) is 6.92 Å². The van der Waals surface area contributed by atoms with Gasteiger partial charge in [0.15, 0.2) is 0 Å². The maximum Gasteiger partial charge on any atom is 0.120 e. The van der Waals surface area contributed by atoms with Gasteiger partial charge >= 0.3 is 0 Å². The van der Waals surface area contributed by atoms with Gasteiger partial charge in [0.1, 0.15) is 5.58 Å². The first-order valence-corrected chi connectivity index (χ1v) is 12.5. The molecule has 0 bridgehead atoms. The van der Waals surface area contributed by atoms with Crippen LogP contribution < -0.4 is 0 Å². The van der Waals surface area contributed by atoms with E-state index in [1.807, 2.05) is 85.8 Å². The fraction of sp³-hybridized carbons (Fsp3) is 0.0286. The van der Waals surface area contributed by atoms with Crippen LogP contribution in [0.2, 0.25) is 0 Å². The van der Waals surface area contributed by atoms with Crippen molar-refractivity contribution in [1.82, 2.24) is 9.97 Å². The van der Waals surface area contributed by atoms with Gasteiger partial charge in [0, 0.05) is 37.9 Å². The molecule has 4 heteroatoms. The van der Waals surface area contributed by atoms with Crippen LogP contribution in [0.4, 0.5) is 0 Å². The summed E-state index contributed by atoms with van der Waals surface area (Å²) < 4.78 is 6.02. The molecule has 0 aliphatic heterocycles. The third-order valence-corrected chi connectivity index (χ3v) is 6.31. The maximum absolute atomic E-state index is 6.02. The number of furan rings is 1. The fourth-order valence-corrected chi connectivity index (χ4v) is 4.54. The Morgan fingerprint density at radius 2 is 1.33 bits per heavy atom. The van der Waals surface area contributed by atoms with Crippen LogP contribution in [-0.2, 0) is 20.1 Å². The predicted octanol–water partition coefficient (Wildman–Crippen LogP) is 8.97. The zero-order chi connectivity index (χ0) is 25.7. The van der Waals surface area contributed by atoms with Crippen molar-refractivity contribution in [2.24, 2.45) is 0 Å². The van der Waals surface area contributed by atoms with Crippen LogP contribution in [0.25, 0.3) is 55.6 Å². The Morgan fingerprint density at radius 1 is 0.641 bits per heavy atom. The van der Waals surface area contributed by atoms with E-state index >= 15 is 0 Å². The normalized spacial score (nSPS) is 10.5. The van der Waals surface area contributed by atoms with Gasteiger partial charge in [-0.3, -0.25) is 0 Å². The molecule has 0 amide bonds. The third kappa shape index (κ3) is 5.73. The van der Waals surface area contributed by atoms with Crippen molar-refractivity contribution in [1.29, 1.82) is 0 Å². The van der Waals surface area contributed by atoms with Crippen molar-refractivity contribution in [3.63, 3.8) is 0 Å². The second-order valence-corrected chi connectivity index (χ2v) is 8.96. The molecular weight excluding hydrogens is 657 g/mol. The number of fused-ring (bicyclic) bond motifs is 3. The summed E-state index contributed by atoms with van der Waals surface area (Å²) in [6, 6.07) is 45.1. The molecule has 0 spiro atoms. The minimum Gasteiger partial charge on any atom is -0.501 e. The van der Waals surface area contributed by atoms with E-state index in [0.717, 1.165) is 50.0 Å². The monoisotopic (exact) mass is 681 g/mol. The molecule has 4 aromatic carbocycles. The van der Waals surface area contributed by atoms with Gasteiger partial charge in [-0.2, -0.15) is 0 Å². The maximum atomic E-state index is 6.02. The van der Waals surface area contributed by atoms with Crippen LogP contribution in [-0.4, -0.2) is 9.97 Å². The Morgan fingerprint density at radius 3 is 2.08 bits per heavy atom. The predicted molar refractivity (Wildman–Crippen MR) is 154 cm³/mol. The molecule has 3 heterocycles. The Hall–Kier alpha value is -4.37. The number of benzene rings is 4. The second-order valence-electron chi connectivity index (χ2n) is 8.96. The number of aromatic nitrogens is 2. The molecule has 0 atom stereocenters. The second kappa shape index (κ2) is 12.0. The number of hydrogen-bond donors (Lipinski definition) is 0. The van der Waals surface area contributed by atoms with E-state index < -0.39 is 0 Å². The van der Waals surface area contributed by atoms with E-state index in [2.05, 4.69) is 58.5 Å². The Kier molecular flexibility index (Phi) is 8.07. The Balaban J connectivity index is 0.000000155. The van der Waals surface area contributed by atoms with E-state index in [9.17, 15) is 0 Å². The zero-order valence-electron chi connectivity index (χ0n) is 21.3. The first-order valence-electron chi connectivity index (χ1n) is 12.5. The van der Waals surface area contributed by atoms with Crippen LogP contribution in [0, 0.1) is 19.1 Å². The van der Waals surface area contributed by atoms with Crippen LogP contribution in [0.5, 0.6) is 0 Å². The third-order valence-electron chi connectivity index (χ3n) is 6.31. The van der Waals surface area contributed by atoms with Crippen LogP contribution in [0.3, 0.4) is 0 Å². The summed E-state index contributed by atoms with van der Waals surface area (Å²) in [5.74, 6) is 0. The number of nitrogens with zero attached hydrogens (tertiary/aromatic N) is 2. The fourth-order valence-electron chi connectivity index (χ4n) is 4.54. The molecule has 0 saturated heterocycles. The van der Waals surface area contributed by atoms with E-state index in [4.69, 9.17) is 4.42 Å². The largest absolute Gasteiger partial charge is 0.501 e. The van der Waals surface area contributed by atoms with Gasteiger partial charge in [-0.05, 0) is 35.2 Å². The molecule has 7 rings (SSSR count). The van der Waals surface area contributed by atoms with Crippen molar-refractivity contribution < 1.29 is 24.5 Å². The molecule has 3 nitrogen and oxygen atoms in total. The Labute approximate surface area is 241 Å². The molecule has 0 saturated carbocycles. The summed E-state index contributed by atoms with van der Waals surface area (Å²) in [5.41, 5.74) is 9.04. The minimum absolute atomic E-state index is 0. The summed E-state index contributed by atoms with van der Waals surface area (Å²) in [4.78, 5) is 8.77. The van der Waals surface area contributed by atoms with Crippen molar-refractivity contribution in [3.8, 4) is 33.6 Å². The standard InChI is InChI=1S/C18H12NO.C17H12N.Ir/c1-12-10-14-13-6-2-3-8-17(13)20-18(14)15(11-12)16-7-4-5-9-19-16;1-2-7-14(8-3-1)15-9-6-10-16(13-15)17-11-4-5-12-18-17;/h2-10H,1H3;1-9,11-13H;/q2*-1;. The molecule has 191 valence electrons. The van der Waals surface area contributed by atoms with Gasteiger partial charge < -0.3 is 14.4 Å². The summed E-state index contributed by atoms with van der Waals surface area (Å²) >= 11 is 0.